The summed E-state index contributed by atoms with van der Waals surface area (Å²) in [6.45, 7) is -2.81. The van der Waals surface area contributed by atoms with E-state index >= 15 is 0 Å². The second-order valence-corrected chi connectivity index (χ2v) is 5.78. The maximum absolute atomic E-state index is 12.1. The van der Waals surface area contributed by atoms with Gasteiger partial charge >= 0.3 is 6.61 Å². The maximum Gasteiger partial charge on any atom is 0.387 e. The van der Waals surface area contributed by atoms with Crippen LogP contribution < -0.4 is 15.4 Å². The van der Waals surface area contributed by atoms with Crippen LogP contribution in [0.15, 0.2) is 35.0 Å². The van der Waals surface area contributed by atoms with Crippen molar-refractivity contribution in [2.24, 2.45) is 0 Å². The zero-order valence-corrected chi connectivity index (χ0v) is 13.8. The molecule has 0 spiro atoms. The van der Waals surface area contributed by atoms with Crippen LogP contribution in [0.1, 0.15) is 16.8 Å². The lowest BCUT2D eigenvalue weighted by molar-refractivity contribution is -0.116. The van der Waals surface area contributed by atoms with Crippen molar-refractivity contribution in [1.82, 2.24) is 5.32 Å². The number of hydrogen-bond acceptors (Lipinski definition) is 4. The van der Waals surface area contributed by atoms with Crippen LogP contribution in [0.2, 0.25) is 5.02 Å². The number of nitrogens with one attached hydrogen (secondary N) is 2. The Kier molecular flexibility index (Phi) is 6.51. The molecule has 2 rings (SSSR count). The molecule has 2 aromatic rings. The minimum Gasteiger partial charge on any atom is -0.433 e. The molecule has 2 amide bonds. The topological polar surface area (TPSA) is 67.4 Å². The molecular formula is C15H13ClF2N2O3S. The van der Waals surface area contributed by atoms with E-state index in [0.29, 0.717) is 11.3 Å². The highest BCUT2D eigenvalue weighted by Gasteiger charge is 2.11. The van der Waals surface area contributed by atoms with Crippen LogP contribution in [0, 0.1) is 0 Å². The van der Waals surface area contributed by atoms with E-state index in [4.69, 9.17) is 11.6 Å². The highest BCUT2D eigenvalue weighted by Crippen LogP contribution is 2.28. The lowest BCUT2D eigenvalue weighted by Gasteiger charge is -2.10. The molecule has 0 saturated carbocycles. The molecule has 0 aliphatic carbocycles. The normalized spacial score (nSPS) is 10.5. The fourth-order valence-electron chi connectivity index (χ4n) is 1.78. The van der Waals surface area contributed by atoms with Gasteiger partial charge in [0.2, 0.25) is 5.91 Å². The molecule has 0 fully saturated rings. The highest BCUT2D eigenvalue weighted by molar-refractivity contribution is 7.08. The summed E-state index contributed by atoms with van der Waals surface area (Å²) in [7, 11) is 0. The van der Waals surface area contributed by atoms with Gasteiger partial charge in [-0.15, -0.1) is 0 Å². The van der Waals surface area contributed by atoms with Crippen molar-refractivity contribution >= 4 is 40.4 Å². The van der Waals surface area contributed by atoms with Crippen molar-refractivity contribution in [2.45, 2.75) is 13.0 Å². The molecule has 0 unspecified atom stereocenters. The van der Waals surface area contributed by atoms with Crippen LogP contribution in [0.5, 0.6) is 5.75 Å². The molecule has 0 saturated heterocycles. The van der Waals surface area contributed by atoms with Crippen LogP contribution in [0.25, 0.3) is 0 Å². The average Bonchev–Trinajstić information content (AvgIpc) is 3.04. The van der Waals surface area contributed by atoms with Crippen LogP contribution >= 0.6 is 22.9 Å². The summed E-state index contributed by atoms with van der Waals surface area (Å²) in [5.41, 5.74) is 0.887. The number of hydrogen-bond donors (Lipinski definition) is 2. The predicted octanol–water partition coefficient (Wildman–Crippen LogP) is 3.76. The Morgan fingerprint density at radius 3 is 2.71 bits per heavy atom. The number of alkyl halides is 2. The first-order valence-electron chi connectivity index (χ1n) is 6.80. The summed E-state index contributed by atoms with van der Waals surface area (Å²) >= 11 is 7.20. The van der Waals surface area contributed by atoms with Crippen LogP contribution in [0.4, 0.5) is 14.5 Å². The second-order valence-electron chi connectivity index (χ2n) is 4.59. The fraction of sp³-hybridized carbons (Fsp3) is 0.200. The maximum atomic E-state index is 12.1. The van der Waals surface area contributed by atoms with Crippen molar-refractivity contribution in [1.29, 1.82) is 0 Å². The molecule has 1 aromatic carbocycles. The number of carbonyl (C=O) groups is 2. The first-order chi connectivity index (χ1) is 11.5. The molecule has 9 heteroatoms. The van der Waals surface area contributed by atoms with Crippen LogP contribution in [0.3, 0.4) is 0 Å². The predicted molar refractivity (Wildman–Crippen MR) is 88.0 cm³/mol. The summed E-state index contributed by atoms with van der Waals surface area (Å²) in [4.78, 5) is 23.5. The molecule has 128 valence electrons. The third-order valence-corrected chi connectivity index (χ3v) is 3.83. The number of halogens is 3. The Morgan fingerprint density at radius 2 is 2.08 bits per heavy atom. The van der Waals surface area contributed by atoms with Gasteiger partial charge in [-0.3, -0.25) is 9.59 Å². The van der Waals surface area contributed by atoms with Gasteiger partial charge in [0.1, 0.15) is 5.75 Å². The van der Waals surface area contributed by atoms with E-state index in [2.05, 4.69) is 15.4 Å². The molecule has 0 atom stereocenters. The fourth-order valence-corrected chi connectivity index (χ4v) is 2.64. The summed E-state index contributed by atoms with van der Waals surface area (Å²) in [6.07, 6.45) is 0.0583. The van der Waals surface area contributed by atoms with Crippen molar-refractivity contribution in [3.8, 4) is 5.75 Å². The average molecular weight is 375 g/mol. The third kappa shape index (κ3) is 5.47. The Hall–Kier alpha value is -2.19. The number of carbonyl (C=O) groups excluding carboxylic acids is 2. The van der Waals surface area contributed by atoms with E-state index < -0.39 is 6.61 Å². The standard InChI is InChI=1S/C15H13ClF2N2O3S/c16-11-7-10(1-2-12(11)23-15(17)18)20-13(21)3-5-19-14(22)9-4-6-24-8-9/h1-2,4,6-8,15H,3,5H2,(H,19,22)(H,20,21). The minimum atomic E-state index is -2.98. The molecular weight excluding hydrogens is 362 g/mol. The summed E-state index contributed by atoms with van der Waals surface area (Å²) in [6, 6.07) is 5.63. The van der Waals surface area contributed by atoms with E-state index in [1.54, 1.807) is 16.8 Å². The van der Waals surface area contributed by atoms with Gasteiger partial charge < -0.3 is 15.4 Å². The van der Waals surface area contributed by atoms with Gasteiger partial charge in [0.05, 0.1) is 5.02 Å². The summed E-state index contributed by atoms with van der Waals surface area (Å²) in [5, 5.41) is 8.63. The Labute approximate surface area is 145 Å². The molecule has 1 aromatic heterocycles. The SMILES string of the molecule is O=C(CCNC(=O)c1ccsc1)Nc1ccc(OC(F)F)c(Cl)c1. The van der Waals surface area contributed by atoms with Crippen molar-refractivity contribution in [3.05, 3.63) is 45.6 Å². The lowest BCUT2D eigenvalue weighted by atomic mass is 10.2. The van der Waals surface area contributed by atoms with E-state index in [0.717, 1.165) is 0 Å². The summed E-state index contributed by atoms with van der Waals surface area (Å²) in [5.74, 6) is -0.771. The molecule has 0 aliphatic heterocycles. The van der Waals surface area contributed by atoms with Gasteiger partial charge in [-0.1, -0.05) is 11.6 Å². The first-order valence-corrected chi connectivity index (χ1v) is 8.12. The molecule has 1 heterocycles. The minimum absolute atomic E-state index is 0.0427. The van der Waals surface area contributed by atoms with Gasteiger partial charge in [-0.2, -0.15) is 20.1 Å². The van der Waals surface area contributed by atoms with Crippen LogP contribution in [-0.4, -0.2) is 25.0 Å². The molecule has 5 nitrogen and oxygen atoms in total. The van der Waals surface area contributed by atoms with Gasteiger partial charge in [0.15, 0.2) is 0 Å². The number of benzene rings is 1. The Morgan fingerprint density at radius 1 is 1.29 bits per heavy atom. The Balaban J connectivity index is 1.80. The zero-order valence-electron chi connectivity index (χ0n) is 12.2. The molecule has 2 N–H and O–H groups in total. The third-order valence-electron chi connectivity index (χ3n) is 2.85. The number of thiophene rings is 1. The van der Waals surface area contributed by atoms with Crippen molar-refractivity contribution in [3.63, 3.8) is 0 Å². The highest BCUT2D eigenvalue weighted by atomic mass is 35.5. The number of ether oxygens (including phenoxy) is 1. The number of rotatable bonds is 7. The van der Waals surface area contributed by atoms with Gasteiger partial charge in [0, 0.05) is 29.6 Å². The summed E-state index contributed by atoms with van der Waals surface area (Å²) < 4.78 is 28.5. The van der Waals surface area contributed by atoms with E-state index in [1.165, 1.54) is 29.5 Å². The lowest BCUT2D eigenvalue weighted by Crippen LogP contribution is -2.27. The van der Waals surface area contributed by atoms with Crippen molar-refractivity contribution < 1.29 is 23.1 Å². The van der Waals surface area contributed by atoms with Gasteiger partial charge in [0.25, 0.3) is 5.91 Å². The first kappa shape index (κ1) is 18.2. The number of anilines is 1. The largest absolute Gasteiger partial charge is 0.433 e. The monoisotopic (exact) mass is 374 g/mol. The van der Waals surface area contributed by atoms with E-state index in [-0.39, 0.29) is 35.6 Å². The van der Waals surface area contributed by atoms with Gasteiger partial charge in [-0.25, -0.2) is 0 Å². The van der Waals surface area contributed by atoms with Crippen molar-refractivity contribution in [2.75, 3.05) is 11.9 Å². The zero-order chi connectivity index (χ0) is 17.5. The Bertz CT molecular complexity index is 711. The van der Waals surface area contributed by atoms with Crippen LogP contribution in [-0.2, 0) is 4.79 Å². The molecule has 0 radical (unpaired) electrons. The van der Waals surface area contributed by atoms with Gasteiger partial charge in [-0.05, 0) is 29.6 Å². The van der Waals surface area contributed by atoms with E-state index in [1.807, 2.05) is 0 Å². The smallest absolute Gasteiger partial charge is 0.387 e. The molecule has 0 bridgehead atoms. The molecule has 24 heavy (non-hydrogen) atoms. The molecule has 0 aliphatic rings. The van der Waals surface area contributed by atoms with E-state index in [9.17, 15) is 18.4 Å². The number of amides is 2. The second kappa shape index (κ2) is 8.60. The quantitative estimate of drug-likeness (QED) is 0.775.